The van der Waals surface area contributed by atoms with E-state index < -0.39 is 12.1 Å². The van der Waals surface area contributed by atoms with Crippen molar-refractivity contribution in [3.63, 3.8) is 0 Å². The van der Waals surface area contributed by atoms with E-state index in [0.717, 1.165) is 0 Å². The third kappa shape index (κ3) is 2.83. The number of aromatic nitrogens is 1. The van der Waals surface area contributed by atoms with Gasteiger partial charge in [-0.25, -0.2) is 4.98 Å². The minimum atomic E-state index is -0.681. The number of pyridine rings is 1. The van der Waals surface area contributed by atoms with Gasteiger partial charge < -0.3 is 10.2 Å². The summed E-state index contributed by atoms with van der Waals surface area (Å²) >= 11 is 5.83. The van der Waals surface area contributed by atoms with E-state index in [9.17, 15) is 14.4 Å². The fourth-order valence-electron chi connectivity index (χ4n) is 3.92. The first-order valence-corrected chi connectivity index (χ1v) is 9.66. The molecule has 2 aliphatic rings. The smallest absolute Gasteiger partial charge is 0.260 e. The maximum Gasteiger partial charge on any atom is 0.260 e. The van der Waals surface area contributed by atoms with Crippen molar-refractivity contribution in [2.75, 3.05) is 16.8 Å². The number of fused-ring (bicyclic) bond motifs is 5. The number of carbonyl (C=O) groups excluding carboxylic acids is 3. The molecule has 1 unspecified atom stereocenters. The van der Waals surface area contributed by atoms with E-state index in [1.54, 1.807) is 53.4 Å². The van der Waals surface area contributed by atoms with Crippen LogP contribution in [0.5, 0.6) is 0 Å². The molecule has 148 valence electrons. The lowest BCUT2D eigenvalue weighted by Crippen LogP contribution is -2.50. The van der Waals surface area contributed by atoms with Gasteiger partial charge in [0, 0.05) is 17.3 Å². The highest BCUT2D eigenvalue weighted by Gasteiger charge is 2.48. The molecule has 2 aromatic carbocycles. The SMILES string of the molecule is O=C(CN1C(=O)c2ccccc2N2C(=O)c3ccccc3C12)Nc1ccc(Cl)cn1. The van der Waals surface area contributed by atoms with Crippen LogP contribution in [0.1, 0.15) is 32.4 Å². The van der Waals surface area contributed by atoms with E-state index >= 15 is 0 Å². The number of para-hydroxylation sites is 1. The Hall–Kier alpha value is -3.71. The highest BCUT2D eigenvalue weighted by molar-refractivity contribution is 6.30. The number of nitrogens with zero attached hydrogens (tertiary/aromatic N) is 3. The van der Waals surface area contributed by atoms with E-state index in [0.29, 0.717) is 33.2 Å². The summed E-state index contributed by atoms with van der Waals surface area (Å²) in [5.74, 6) is -0.598. The minimum Gasteiger partial charge on any atom is -0.309 e. The summed E-state index contributed by atoms with van der Waals surface area (Å²) in [4.78, 5) is 46.2. The molecular formula is C22H15ClN4O3. The van der Waals surface area contributed by atoms with Gasteiger partial charge in [-0.3, -0.25) is 19.3 Å². The highest BCUT2D eigenvalue weighted by atomic mass is 35.5. The second kappa shape index (κ2) is 6.96. The predicted molar refractivity (Wildman–Crippen MR) is 111 cm³/mol. The molecule has 0 saturated carbocycles. The van der Waals surface area contributed by atoms with Crippen molar-refractivity contribution < 1.29 is 14.4 Å². The summed E-state index contributed by atoms with van der Waals surface area (Å²) in [6.07, 6.45) is 0.743. The van der Waals surface area contributed by atoms with Gasteiger partial charge in [-0.2, -0.15) is 0 Å². The first-order valence-electron chi connectivity index (χ1n) is 9.28. The molecule has 1 N–H and O–H groups in total. The quantitative estimate of drug-likeness (QED) is 0.705. The van der Waals surface area contributed by atoms with Crippen LogP contribution in [0.2, 0.25) is 5.02 Å². The van der Waals surface area contributed by atoms with Crippen molar-refractivity contribution in [1.29, 1.82) is 0 Å². The number of amides is 3. The van der Waals surface area contributed by atoms with Crippen LogP contribution in [0.15, 0.2) is 66.9 Å². The van der Waals surface area contributed by atoms with E-state index in [2.05, 4.69) is 10.3 Å². The molecule has 0 bridgehead atoms. The maximum atomic E-state index is 13.3. The van der Waals surface area contributed by atoms with Gasteiger partial charge in [-0.05, 0) is 30.3 Å². The van der Waals surface area contributed by atoms with Crippen molar-refractivity contribution in [2.45, 2.75) is 6.17 Å². The largest absolute Gasteiger partial charge is 0.309 e. The molecule has 3 aromatic rings. The van der Waals surface area contributed by atoms with Gasteiger partial charge in [0.15, 0.2) is 0 Å². The normalized spacial score (nSPS) is 16.8. The summed E-state index contributed by atoms with van der Waals surface area (Å²) < 4.78 is 0. The zero-order chi connectivity index (χ0) is 20.8. The Morgan fingerprint density at radius 2 is 1.70 bits per heavy atom. The fraction of sp³-hybridized carbons (Fsp3) is 0.0909. The topological polar surface area (TPSA) is 82.6 Å². The molecule has 1 aromatic heterocycles. The van der Waals surface area contributed by atoms with Gasteiger partial charge in [-0.15, -0.1) is 0 Å². The van der Waals surface area contributed by atoms with Crippen LogP contribution in [-0.2, 0) is 4.79 Å². The molecule has 8 heteroatoms. The standard InChI is InChI=1S/C22H15ClN4O3/c23-13-9-10-18(24-11-13)25-19(28)12-26-20-14-5-1-2-6-15(14)22(30)27(20)17-8-4-3-7-16(17)21(26)29/h1-11,20H,12H2,(H,24,25,28). The molecule has 1 atom stereocenters. The third-order valence-corrected chi connectivity index (χ3v) is 5.42. The summed E-state index contributed by atoms with van der Waals surface area (Å²) in [5.41, 5.74) is 2.15. The molecule has 0 aliphatic carbocycles. The van der Waals surface area contributed by atoms with Gasteiger partial charge in [-0.1, -0.05) is 41.9 Å². The van der Waals surface area contributed by atoms with Gasteiger partial charge in [0.25, 0.3) is 11.8 Å². The summed E-state index contributed by atoms with van der Waals surface area (Å²) in [5, 5.41) is 3.12. The molecule has 30 heavy (non-hydrogen) atoms. The number of hydrogen-bond donors (Lipinski definition) is 1. The monoisotopic (exact) mass is 418 g/mol. The van der Waals surface area contributed by atoms with E-state index in [1.165, 1.54) is 11.1 Å². The number of halogens is 1. The Labute approximate surface area is 176 Å². The van der Waals surface area contributed by atoms with Gasteiger partial charge in [0.2, 0.25) is 5.91 Å². The van der Waals surface area contributed by atoms with Crippen LogP contribution in [0, 0.1) is 0 Å². The summed E-state index contributed by atoms with van der Waals surface area (Å²) in [7, 11) is 0. The van der Waals surface area contributed by atoms with E-state index in [1.807, 2.05) is 12.1 Å². The van der Waals surface area contributed by atoms with Gasteiger partial charge >= 0.3 is 0 Å². The molecule has 5 rings (SSSR count). The number of nitrogens with one attached hydrogen (secondary N) is 1. The number of hydrogen-bond acceptors (Lipinski definition) is 4. The Morgan fingerprint density at radius 1 is 0.967 bits per heavy atom. The molecule has 0 fully saturated rings. The molecule has 7 nitrogen and oxygen atoms in total. The average Bonchev–Trinajstić information content (AvgIpc) is 3.06. The molecular weight excluding hydrogens is 404 g/mol. The van der Waals surface area contributed by atoms with Crippen LogP contribution in [0.4, 0.5) is 11.5 Å². The Kier molecular flexibility index (Phi) is 4.25. The van der Waals surface area contributed by atoms with Crippen LogP contribution in [-0.4, -0.2) is 34.2 Å². The highest BCUT2D eigenvalue weighted by Crippen LogP contribution is 2.44. The number of benzene rings is 2. The lowest BCUT2D eigenvalue weighted by Gasteiger charge is -2.40. The molecule has 0 saturated heterocycles. The van der Waals surface area contributed by atoms with E-state index in [4.69, 9.17) is 11.6 Å². The van der Waals surface area contributed by atoms with Crippen LogP contribution >= 0.6 is 11.6 Å². The third-order valence-electron chi connectivity index (χ3n) is 5.19. The van der Waals surface area contributed by atoms with Crippen LogP contribution in [0.3, 0.4) is 0 Å². The molecule has 0 radical (unpaired) electrons. The van der Waals surface area contributed by atoms with Crippen LogP contribution in [0.25, 0.3) is 0 Å². The number of rotatable bonds is 3. The zero-order valence-corrected chi connectivity index (χ0v) is 16.3. The molecule has 3 heterocycles. The minimum absolute atomic E-state index is 0.194. The second-order valence-corrected chi connectivity index (χ2v) is 7.43. The van der Waals surface area contributed by atoms with Crippen LogP contribution < -0.4 is 10.2 Å². The molecule has 2 aliphatic heterocycles. The average molecular weight is 419 g/mol. The fourth-order valence-corrected chi connectivity index (χ4v) is 4.03. The Bertz CT molecular complexity index is 1190. The van der Waals surface area contributed by atoms with Gasteiger partial charge in [0.05, 0.1) is 16.3 Å². The zero-order valence-electron chi connectivity index (χ0n) is 15.6. The summed E-state index contributed by atoms with van der Waals surface area (Å²) in [6.45, 7) is -0.236. The predicted octanol–water partition coefficient (Wildman–Crippen LogP) is 3.49. The second-order valence-electron chi connectivity index (χ2n) is 7.00. The van der Waals surface area contributed by atoms with E-state index in [-0.39, 0.29) is 18.4 Å². The number of anilines is 2. The Balaban J connectivity index is 1.52. The number of carbonyl (C=O) groups is 3. The lowest BCUT2D eigenvalue weighted by atomic mass is 10.0. The lowest BCUT2D eigenvalue weighted by molar-refractivity contribution is -0.117. The van der Waals surface area contributed by atoms with Gasteiger partial charge in [0.1, 0.15) is 18.5 Å². The first-order chi connectivity index (χ1) is 14.5. The van der Waals surface area contributed by atoms with Crippen molar-refractivity contribution >= 4 is 40.8 Å². The van der Waals surface area contributed by atoms with Crippen molar-refractivity contribution in [1.82, 2.24) is 9.88 Å². The van der Waals surface area contributed by atoms with Crippen molar-refractivity contribution in [3.05, 3.63) is 88.6 Å². The maximum absolute atomic E-state index is 13.3. The van der Waals surface area contributed by atoms with Crippen molar-refractivity contribution in [2.24, 2.45) is 0 Å². The molecule has 3 amide bonds. The Morgan fingerprint density at radius 3 is 2.47 bits per heavy atom. The molecule has 0 spiro atoms. The first kappa shape index (κ1) is 18.3. The summed E-state index contributed by atoms with van der Waals surface area (Å²) in [6, 6.07) is 17.3. The van der Waals surface area contributed by atoms with Crippen molar-refractivity contribution in [3.8, 4) is 0 Å².